The summed E-state index contributed by atoms with van der Waals surface area (Å²) in [7, 11) is 1.90. The molecule has 10 heteroatoms. The van der Waals surface area contributed by atoms with Crippen LogP contribution in [-0.2, 0) is 14.3 Å². The van der Waals surface area contributed by atoms with Crippen molar-refractivity contribution in [3.8, 4) is 0 Å². The van der Waals surface area contributed by atoms with Gasteiger partial charge in [-0.25, -0.2) is 4.79 Å². The van der Waals surface area contributed by atoms with Crippen LogP contribution in [0.3, 0.4) is 0 Å². The predicted octanol–water partition coefficient (Wildman–Crippen LogP) is 3.58. The Morgan fingerprint density at radius 1 is 0.926 bits per heavy atom. The third-order valence-electron chi connectivity index (χ3n) is 18.6. The Kier molecular flexibility index (Phi) is 9.07. The van der Waals surface area contributed by atoms with Crippen molar-refractivity contribution in [1.29, 1.82) is 0 Å². The summed E-state index contributed by atoms with van der Waals surface area (Å²) in [6.45, 7) is 6.35. The number of nitrogens with one attached hydrogen (secondary N) is 2. The molecule has 8 aliphatic carbocycles. The molecule has 7 fully saturated rings. The van der Waals surface area contributed by atoms with Gasteiger partial charge in [-0.15, -0.1) is 0 Å². The van der Waals surface area contributed by atoms with Crippen LogP contribution in [-0.4, -0.2) is 99.6 Å². The molecule has 7 saturated carbocycles. The molecule has 1 spiro atoms. The lowest BCUT2D eigenvalue weighted by Crippen LogP contribution is -2.86. The van der Waals surface area contributed by atoms with E-state index in [0.717, 1.165) is 62.6 Å². The Hall–Kier alpha value is -1.66. The third kappa shape index (κ3) is 4.65. The van der Waals surface area contributed by atoms with E-state index in [2.05, 4.69) is 23.6 Å². The van der Waals surface area contributed by atoms with Gasteiger partial charge in [-0.05, 0) is 111 Å². The number of esters is 1. The number of aldehydes is 1. The summed E-state index contributed by atoms with van der Waals surface area (Å²) >= 11 is 0. The minimum Gasteiger partial charge on any atom is -0.450 e. The monoisotopic (exact) mass is 750 g/mol. The maximum absolute atomic E-state index is 14.3. The normalized spacial score (nSPS) is 50.9. The zero-order valence-corrected chi connectivity index (χ0v) is 32.8. The molecule has 1 heterocycles. The number of aliphatic hydroxyl groups is 5. The molecule has 0 aromatic heterocycles. The Morgan fingerprint density at radius 2 is 1.67 bits per heavy atom. The lowest BCUT2D eigenvalue weighted by atomic mass is 9.33. The van der Waals surface area contributed by atoms with Crippen molar-refractivity contribution in [2.24, 2.45) is 63.6 Å². The van der Waals surface area contributed by atoms with Gasteiger partial charge in [0.1, 0.15) is 23.6 Å². The van der Waals surface area contributed by atoms with Crippen LogP contribution < -0.4 is 10.6 Å². The second kappa shape index (κ2) is 12.9. The highest BCUT2D eigenvalue weighted by atomic mass is 16.5. The van der Waals surface area contributed by atoms with Crippen molar-refractivity contribution < 1.29 is 39.9 Å². The van der Waals surface area contributed by atoms with Crippen LogP contribution >= 0.6 is 0 Å². The smallest absolute Gasteiger partial charge is 0.331 e. The first-order chi connectivity index (χ1) is 25.8. The first-order valence-electron chi connectivity index (χ1n) is 21.7. The van der Waals surface area contributed by atoms with E-state index in [-0.39, 0.29) is 30.6 Å². The minimum absolute atomic E-state index is 0.142. The van der Waals surface area contributed by atoms with Crippen molar-refractivity contribution >= 4 is 12.3 Å². The number of fused-ring (bicyclic) bond motifs is 8. The molecule has 15 unspecified atom stereocenters. The number of hydrogen-bond donors (Lipinski definition) is 7. The summed E-state index contributed by atoms with van der Waals surface area (Å²) in [6, 6.07) is 0. The Labute approximate surface area is 321 Å². The fraction of sp³-hybridized carbons (Fsp3) is 0.864. The first-order valence-corrected chi connectivity index (χ1v) is 21.7. The van der Waals surface area contributed by atoms with Gasteiger partial charge in [0.2, 0.25) is 0 Å². The Bertz CT molecular complexity index is 1590. The van der Waals surface area contributed by atoms with Gasteiger partial charge in [-0.1, -0.05) is 58.4 Å². The summed E-state index contributed by atoms with van der Waals surface area (Å²) in [4.78, 5) is 27.3. The predicted molar refractivity (Wildman–Crippen MR) is 202 cm³/mol. The number of likely N-dealkylation sites (N-methyl/N-ethyl adjacent to an activating group) is 1. The topological polar surface area (TPSA) is 169 Å². The quantitative estimate of drug-likeness (QED) is 0.0844. The van der Waals surface area contributed by atoms with Crippen LogP contribution in [0.15, 0.2) is 23.3 Å². The highest BCUT2D eigenvalue weighted by molar-refractivity contribution is 5.87. The van der Waals surface area contributed by atoms with E-state index < -0.39 is 75.1 Å². The number of aliphatic hydroxyl groups excluding tert-OH is 2. The molecule has 300 valence electrons. The lowest BCUT2D eigenvalue weighted by molar-refractivity contribution is -0.382. The van der Waals surface area contributed by atoms with Crippen LogP contribution in [0.1, 0.15) is 110 Å². The Balaban J connectivity index is 1.18. The van der Waals surface area contributed by atoms with Crippen LogP contribution in [0.2, 0.25) is 0 Å². The molecule has 1 aliphatic heterocycles. The maximum Gasteiger partial charge on any atom is 0.331 e. The number of rotatable bonds is 8. The standard InChI is InChI=1S/C44H66N2O8/c1-25(26-8-4-5-9-26)27-10-11-31-37(49)40(13-6-7-14-40)23-41(24-47)33-12-15-39(2)35-28(18-29(22-46-17-16-45-3)36-30(35)20-34(48)54-36)21-42(39,51)44(33,53)38(50)32(19-27)43(31,41)52/h18,20,24-28,31-33,35-38,45-46,49-53H,4-17,19,21-23H2,1-3H3. The minimum atomic E-state index is -2.12. The number of allylic oxidation sites excluding steroid dienone is 1. The molecular weight excluding hydrogens is 684 g/mol. The fourth-order valence-corrected chi connectivity index (χ4v) is 16.2. The second-order valence-corrected chi connectivity index (χ2v) is 20.3. The van der Waals surface area contributed by atoms with E-state index in [1.807, 2.05) is 14.0 Å². The van der Waals surface area contributed by atoms with E-state index in [0.29, 0.717) is 44.1 Å². The number of hydrogen-bond acceptors (Lipinski definition) is 10. The molecule has 0 amide bonds. The molecule has 9 aliphatic rings. The molecule has 9 rings (SSSR count). The van der Waals surface area contributed by atoms with Crippen LogP contribution in [0, 0.1) is 63.6 Å². The molecule has 0 aromatic rings. The summed E-state index contributed by atoms with van der Waals surface area (Å²) in [5.74, 6) is -2.34. The molecule has 10 nitrogen and oxygen atoms in total. The van der Waals surface area contributed by atoms with Crippen LogP contribution in [0.25, 0.3) is 0 Å². The maximum atomic E-state index is 14.3. The summed E-state index contributed by atoms with van der Waals surface area (Å²) < 4.78 is 5.93. The summed E-state index contributed by atoms with van der Waals surface area (Å²) in [5, 5.41) is 73.4. The SMILES string of the molecule is CNCCNCC1=CC2CC3(O)C(C)(CCC4C5(C=O)CC6(CCCC6)C(O)C6CCC(C(C)C7CCCC7)CC(C(O)C43O)C65O)C2C2=CC(=O)OC12. The Morgan fingerprint density at radius 3 is 2.37 bits per heavy atom. The van der Waals surface area contributed by atoms with Crippen LogP contribution in [0.4, 0.5) is 0 Å². The number of carbonyl (C=O) groups is 2. The lowest BCUT2D eigenvalue weighted by Gasteiger charge is -2.74. The van der Waals surface area contributed by atoms with Gasteiger partial charge < -0.3 is 45.7 Å². The van der Waals surface area contributed by atoms with E-state index in [1.54, 1.807) is 6.08 Å². The largest absolute Gasteiger partial charge is 0.450 e. The van der Waals surface area contributed by atoms with Gasteiger partial charge in [-0.3, -0.25) is 0 Å². The zero-order valence-electron chi connectivity index (χ0n) is 32.8. The third-order valence-corrected chi connectivity index (χ3v) is 18.6. The fourth-order valence-electron chi connectivity index (χ4n) is 16.2. The van der Waals surface area contributed by atoms with Gasteiger partial charge in [-0.2, -0.15) is 0 Å². The van der Waals surface area contributed by atoms with Gasteiger partial charge in [0, 0.05) is 48.9 Å². The molecule has 0 aromatic carbocycles. The van der Waals surface area contributed by atoms with Crippen LogP contribution in [0.5, 0.6) is 0 Å². The molecule has 54 heavy (non-hydrogen) atoms. The number of carbonyl (C=O) groups excluding carboxylic acids is 2. The zero-order chi connectivity index (χ0) is 38.1. The molecule has 0 radical (unpaired) electrons. The summed E-state index contributed by atoms with van der Waals surface area (Å²) in [5.41, 5.74) is -6.91. The van der Waals surface area contributed by atoms with E-state index in [9.17, 15) is 35.1 Å². The van der Waals surface area contributed by atoms with E-state index in [4.69, 9.17) is 4.74 Å². The van der Waals surface area contributed by atoms with Gasteiger partial charge in [0.25, 0.3) is 0 Å². The van der Waals surface area contributed by atoms with E-state index in [1.165, 1.54) is 25.7 Å². The molecule has 15 atom stereocenters. The highest BCUT2D eigenvalue weighted by Crippen LogP contribution is 2.78. The van der Waals surface area contributed by atoms with Gasteiger partial charge in [0.05, 0.1) is 23.2 Å². The van der Waals surface area contributed by atoms with Gasteiger partial charge >= 0.3 is 5.97 Å². The van der Waals surface area contributed by atoms with Crippen molar-refractivity contribution in [2.75, 3.05) is 26.7 Å². The van der Waals surface area contributed by atoms with Gasteiger partial charge in [0.15, 0.2) is 0 Å². The van der Waals surface area contributed by atoms with Crippen molar-refractivity contribution in [1.82, 2.24) is 10.6 Å². The molecule has 0 saturated heterocycles. The second-order valence-electron chi connectivity index (χ2n) is 20.3. The average Bonchev–Trinajstić information content (AvgIpc) is 3.95. The summed E-state index contributed by atoms with van der Waals surface area (Å²) in [6.07, 6.45) is 13.0. The van der Waals surface area contributed by atoms with E-state index >= 15 is 0 Å². The van der Waals surface area contributed by atoms with Crippen molar-refractivity contribution in [3.63, 3.8) is 0 Å². The number of ether oxygens (including phenoxy) is 1. The first kappa shape index (κ1) is 37.9. The molecule has 0 bridgehead atoms. The average molecular weight is 751 g/mol. The molecular formula is C44H66N2O8. The van der Waals surface area contributed by atoms with Crippen molar-refractivity contribution in [2.45, 2.75) is 145 Å². The highest BCUT2D eigenvalue weighted by Gasteiger charge is 2.85. The van der Waals surface area contributed by atoms with Crippen molar-refractivity contribution in [3.05, 3.63) is 23.3 Å². The molecule has 7 N–H and O–H groups in total.